The summed E-state index contributed by atoms with van der Waals surface area (Å²) in [6.07, 6.45) is 13.5. The third-order valence-electron chi connectivity index (χ3n) is 28.4. The average molecular weight is 1260 g/mol. The van der Waals surface area contributed by atoms with Gasteiger partial charge in [0, 0.05) is 0 Å². The lowest BCUT2D eigenvalue weighted by Crippen LogP contribution is -2.46. The highest BCUT2D eigenvalue weighted by Crippen LogP contribution is 2.43. The summed E-state index contributed by atoms with van der Waals surface area (Å²) in [7, 11) is 0. The van der Waals surface area contributed by atoms with Gasteiger partial charge in [0.15, 0.2) is 0 Å². The van der Waals surface area contributed by atoms with Gasteiger partial charge >= 0.3 is 0 Å². The van der Waals surface area contributed by atoms with Crippen LogP contribution in [0.3, 0.4) is 0 Å². The van der Waals surface area contributed by atoms with E-state index in [-0.39, 0.29) is 0 Å². The molecule has 0 saturated carbocycles. The summed E-state index contributed by atoms with van der Waals surface area (Å²) in [6, 6.07) is 0. The van der Waals surface area contributed by atoms with Crippen LogP contribution in [0.15, 0.2) is 0 Å². The van der Waals surface area contributed by atoms with E-state index in [4.69, 9.17) is 33.2 Å². The van der Waals surface area contributed by atoms with Gasteiger partial charge in [-0.25, -0.2) is 0 Å². The maximum atomic E-state index is 6.13. The van der Waals surface area contributed by atoms with Crippen molar-refractivity contribution >= 4 is 0 Å². The lowest BCUT2D eigenvalue weighted by atomic mass is 9.73. The zero-order valence-corrected chi connectivity index (χ0v) is 67.0. The van der Waals surface area contributed by atoms with Gasteiger partial charge in [0.1, 0.15) is 0 Å². The third kappa shape index (κ3) is 24.0. The van der Waals surface area contributed by atoms with Gasteiger partial charge in [-0.05, 0) is 217 Å². The largest absolute Gasteiger partial charge is 0.375 e. The highest BCUT2D eigenvalue weighted by atomic mass is 16.5. The summed E-state index contributed by atoms with van der Waals surface area (Å²) in [4.78, 5) is 0. The molecule has 0 amide bonds. The van der Waals surface area contributed by atoms with E-state index in [9.17, 15) is 0 Å². The van der Waals surface area contributed by atoms with E-state index in [1.165, 1.54) is 19.3 Å². The van der Waals surface area contributed by atoms with Crippen LogP contribution in [0.1, 0.15) is 302 Å². The molecule has 89 heavy (non-hydrogen) atoms. The molecule has 7 fully saturated rings. The molecule has 0 aromatic rings. The Bertz CT molecular complexity index is 1610. The van der Waals surface area contributed by atoms with Crippen molar-refractivity contribution < 1.29 is 33.2 Å². The van der Waals surface area contributed by atoms with Crippen molar-refractivity contribution in [1.29, 1.82) is 0 Å². The van der Waals surface area contributed by atoms with Crippen molar-refractivity contribution in [1.82, 2.24) is 0 Å². The Morgan fingerprint density at radius 3 is 0.494 bits per heavy atom. The van der Waals surface area contributed by atoms with E-state index in [1.54, 1.807) is 0 Å². The van der Waals surface area contributed by atoms with Gasteiger partial charge in [-0.15, -0.1) is 0 Å². The quantitative estimate of drug-likeness (QED) is 0.228. The first kappa shape index (κ1) is 86.7. The number of rotatable bonds is 9. The molecular weight excluding hydrogens is 1100 g/mol. The second-order valence-electron chi connectivity index (χ2n) is 33.0. The van der Waals surface area contributed by atoms with Crippen LogP contribution >= 0.6 is 0 Å². The van der Waals surface area contributed by atoms with Gasteiger partial charge in [-0.1, -0.05) is 227 Å². The molecule has 7 saturated heterocycles. The third-order valence-corrected chi connectivity index (χ3v) is 28.4. The topological polar surface area (TPSA) is 64.6 Å². The maximum Gasteiger partial charge on any atom is 0.0632 e. The molecule has 0 aliphatic carbocycles. The first-order valence-electron chi connectivity index (χ1n) is 38.8. The van der Waals surface area contributed by atoms with Crippen LogP contribution < -0.4 is 0 Å². The Hall–Kier alpha value is -0.280. The van der Waals surface area contributed by atoms with E-state index >= 15 is 0 Å². The molecule has 0 radical (unpaired) electrons. The fraction of sp³-hybridized carbons (Fsp3) is 1.00. The molecule has 7 heteroatoms. The van der Waals surface area contributed by atoms with Gasteiger partial charge in [0.2, 0.25) is 0 Å². The summed E-state index contributed by atoms with van der Waals surface area (Å²) in [6.45, 7) is 87.0. The minimum atomic E-state index is 0.431. The van der Waals surface area contributed by atoms with Crippen LogP contribution in [0.4, 0.5) is 0 Å². The van der Waals surface area contributed by atoms with E-state index in [0.29, 0.717) is 168 Å². The molecule has 38 atom stereocenters. The smallest absolute Gasteiger partial charge is 0.0632 e. The normalized spacial score (nSPS) is 48.3. The van der Waals surface area contributed by atoms with E-state index in [1.807, 2.05) is 0 Å². The van der Waals surface area contributed by atoms with Gasteiger partial charge < -0.3 is 33.2 Å². The van der Waals surface area contributed by atoms with Crippen molar-refractivity contribution in [2.24, 2.45) is 142 Å². The number of hydrogen-bond acceptors (Lipinski definition) is 7. The molecule has 0 aromatic carbocycles. The molecule has 534 valence electrons. The van der Waals surface area contributed by atoms with Gasteiger partial charge in [0.05, 0.1) is 85.5 Å². The zero-order chi connectivity index (χ0) is 69.1. The summed E-state index contributed by atoms with van der Waals surface area (Å²) in [5, 5.41) is 0. The van der Waals surface area contributed by atoms with Crippen LogP contribution in [-0.2, 0) is 33.2 Å². The monoisotopic (exact) mass is 1260 g/mol. The first-order chi connectivity index (χ1) is 41.2. The van der Waals surface area contributed by atoms with Crippen LogP contribution in [0.25, 0.3) is 0 Å². The lowest BCUT2D eigenvalue weighted by molar-refractivity contribution is -0.144. The van der Waals surface area contributed by atoms with Crippen LogP contribution in [0, 0.1) is 142 Å². The Morgan fingerprint density at radius 2 is 0.326 bits per heavy atom. The average Bonchev–Trinajstić information content (AvgIpc) is 3.42. The molecule has 0 bridgehead atoms. The molecule has 0 spiro atoms. The maximum absolute atomic E-state index is 6.13. The Labute approximate surface area is 559 Å². The van der Waals surface area contributed by atoms with Gasteiger partial charge in [-0.2, -0.15) is 0 Å². The highest BCUT2D eigenvalue weighted by Gasteiger charge is 2.43. The minimum Gasteiger partial charge on any atom is -0.375 e. The lowest BCUT2D eigenvalue weighted by Gasteiger charge is -2.44. The van der Waals surface area contributed by atoms with Crippen LogP contribution in [0.5, 0.6) is 0 Å². The Balaban J connectivity index is 0.000000520. The van der Waals surface area contributed by atoms with E-state index in [2.05, 4.69) is 263 Å². The predicted octanol–water partition coefficient (Wildman–Crippen LogP) is 23.2. The van der Waals surface area contributed by atoms with Crippen LogP contribution in [0.2, 0.25) is 0 Å². The second kappa shape index (κ2) is 41.1. The summed E-state index contributed by atoms with van der Waals surface area (Å²) >= 11 is 0. The fourth-order valence-electron chi connectivity index (χ4n) is 16.4. The SMILES string of the molecule is CC1OC(C)[C@@H](C)C(C)C1C.CCC1OC(C)C(C)[C@@H](C)[C@@H]1C.CCC1OC(C)C(C)[C@@H](C)[C@H]1C.CCC1OC(C)C(C)[C@@H](C)[C@H]1C.CC[C@@H](C)C1OC(C)C(C)[C@@H](C)[C@@H]1C.CC[C@@H](C)C1OC(C)C(C)[C@@H](C)[C@@H]1C.CC[C@@H](C)C1OC(C)C(C)[C@@H](C)[C@@H]1C. The number of hydrogen-bond donors (Lipinski definition) is 0. The van der Waals surface area contributed by atoms with Gasteiger partial charge in [0.25, 0.3) is 0 Å². The zero-order valence-electron chi connectivity index (χ0n) is 67.0. The molecule has 0 aromatic heterocycles. The summed E-state index contributed by atoms with van der Waals surface area (Å²) in [5.41, 5.74) is 0. The minimum absolute atomic E-state index is 0.431. The molecule has 0 N–H and O–H groups in total. The highest BCUT2D eigenvalue weighted by molar-refractivity contribution is 4.91. The predicted molar refractivity (Wildman–Crippen MR) is 388 cm³/mol. The van der Waals surface area contributed by atoms with E-state index in [0.717, 1.165) is 78.4 Å². The molecule has 7 aliphatic rings. The number of ether oxygens (including phenoxy) is 7. The molecular formula is C82H164O7. The fourth-order valence-corrected chi connectivity index (χ4v) is 16.4. The molecule has 7 rings (SSSR count). The van der Waals surface area contributed by atoms with Crippen molar-refractivity contribution in [3.8, 4) is 0 Å². The van der Waals surface area contributed by atoms with Gasteiger partial charge in [-0.3, -0.25) is 0 Å². The molecule has 7 nitrogen and oxygen atoms in total. The van der Waals surface area contributed by atoms with Crippen molar-refractivity contribution in [2.45, 2.75) is 387 Å². The van der Waals surface area contributed by atoms with Crippen molar-refractivity contribution in [3.05, 3.63) is 0 Å². The Kier molecular flexibility index (Phi) is 40.0. The summed E-state index contributed by atoms with van der Waals surface area (Å²) < 4.78 is 42.0. The van der Waals surface area contributed by atoms with Crippen molar-refractivity contribution in [2.75, 3.05) is 0 Å². The second-order valence-corrected chi connectivity index (χ2v) is 33.0. The summed E-state index contributed by atoms with van der Waals surface area (Å²) in [5.74, 6) is 17.6. The molecule has 22 unspecified atom stereocenters. The van der Waals surface area contributed by atoms with E-state index < -0.39 is 0 Å². The standard InChI is InChI=1S/3C13H26O.3C11H22O.C10H20O/c3*1-7-8(2)13-11(5)9(3)10(4)12(6)14-13;3*1-6-11-9(4)7(2)8(3)10(5)12-11;1-6-7(2)9(4)11-10(5)8(6)3/h3*8-13H,7H2,1-6H3;3*7-11H,6H2,1-5H3;6-10H,1-5H3/t3*8-,9-,10?,11+,12?,13?;7-,8?,9+,10?,11?;2*7-,8?,9-,10?,11?;6?,7-,8?,9?,10?/m1111110/s1. The first-order valence-corrected chi connectivity index (χ1v) is 38.8. The molecule has 7 aliphatic heterocycles. The Morgan fingerprint density at radius 1 is 0.180 bits per heavy atom. The molecule has 7 heterocycles. The van der Waals surface area contributed by atoms with Crippen molar-refractivity contribution in [3.63, 3.8) is 0 Å². The van der Waals surface area contributed by atoms with Crippen LogP contribution in [-0.4, -0.2) is 85.5 Å².